The van der Waals surface area contributed by atoms with E-state index in [1.54, 1.807) is 0 Å². The Balaban J connectivity index is 1.84. The van der Waals surface area contributed by atoms with E-state index in [0.29, 0.717) is 11.7 Å². The predicted octanol–water partition coefficient (Wildman–Crippen LogP) is 3.46. The van der Waals surface area contributed by atoms with Crippen LogP contribution in [-0.2, 0) is 6.67 Å². The number of benzene rings is 2. The van der Waals surface area contributed by atoms with Crippen molar-refractivity contribution in [3.63, 3.8) is 0 Å². The van der Waals surface area contributed by atoms with E-state index in [0.717, 1.165) is 16.7 Å². The molecule has 0 aliphatic rings. The normalized spacial score (nSPS) is 10.8. The lowest BCUT2D eigenvalue weighted by Crippen LogP contribution is -2.09. The Bertz CT molecular complexity index is 720. The molecule has 19 heavy (non-hydrogen) atoms. The smallest absolute Gasteiger partial charge is 0.113 e. The number of nitrogens with one attached hydrogen (secondary N) is 1. The van der Waals surface area contributed by atoms with Crippen molar-refractivity contribution in [3.8, 4) is 0 Å². The van der Waals surface area contributed by atoms with Crippen molar-refractivity contribution in [1.29, 1.82) is 0 Å². The Morgan fingerprint density at radius 1 is 1.21 bits per heavy atom. The fourth-order valence-electron chi connectivity index (χ4n) is 1.96. The molecule has 0 atom stereocenters. The zero-order chi connectivity index (χ0) is 13.2. The minimum atomic E-state index is 0.531. The molecule has 1 N–H and O–H groups in total. The standard InChI is InChI=1S/C14H13ClN4/c1-10-6-7-14-13(8-10)17-18-19(14)9-16-12-5-3-2-4-11(12)15/h2-8,16H,9H2,1H3. The fraction of sp³-hybridized carbons (Fsp3) is 0.143. The molecule has 0 aliphatic carbocycles. The molecule has 0 fully saturated rings. The molecule has 96 valence electrons. The highest BCUT2D eigenvalue weighted by Gasteiger charge is 2.04. The highest BCUT2D eigenvalue weighted by molar-refractivity contribution is 6.33. The Kier molecular flexibility index (Phi) is 3.09. The third-order valence-electron chi connectivity index (χ3n) is 2.96. The molecule has 4 nitrogen and oxygen atoms in total. The van der Waals surface area contributed by atoms with Crippen LogP contribution >= 0.6 is 11.6 Å². The minimum Gasteiger partial charge on any atom is -0.365 e. The second-order valence-corrected chi connectivity index (χ2v) is 4.80. The van der Waals surface area contributed by atoms with Gasteiger partial charge < -0.3 is 5.32 Å². The molecule has 3 aromatic rings. The highest BCUT2D eigenvalue weighted by Crippen LogP contribution is 2.21. The van der Waals surface area contributed by atoms with Gasteiger partial charge in [0.05, 0.1) is 16.2 Å². The zero-order valence-electron chi connectivity index (χ0n) is 10.5. The average Bonchev–Trinajstić information content (AvgIpc) is 2.80. The highest BCUT2D eigenvalue weighted by atomic mass is 35.5. The van der Waals surface area contributed by atoms with E-state index in [1.165, 1.54) is 5.56 Å². The maximum Gasteiger partial charge on any atom is 0.113 e. The van der Waals surface area contributed by atoms with Crippen LogP contribution in [-0.4, -0.2) is 15.0 Å². The fourth-order valence-corrected chi connectivity index (χ4v) is 2.17. The lowest BCUT2D eigenvalue weighted by atomic mass is 10.2. The Hall–Kier alpha value is -2.07. The van der Waals surface area contributed by atoms with Crippen molar-refractivity contribution in [2.75, 3.05) is 5.32 Å². The van der Waals surface area contributed by atoms with Crippen LogP contribution in [0.5, 0.6) is 0 Å². The molecular formula is C14H13ClN4. The van der Waals surface area contributed by atoms with Gasteiger partial charge in [0.1, 0.15) is 12.2 Å². The van der Waals surface area contributed by atoms with Gasteiger partial charge in [0.2, 0.25) is 0 Å². The molecule has 0 saturated carbocycles. The van der Waals surface area contributed by atoms with Crippen LogP contribution in [0.25, 0.3) is 11.0 Å². The largest absolute Gasteiger partial charge is 0.365 e. The van der Waals surface area contributed by atoms with E-state index < -0.39 is 0 Å². The molecule has 0 aliphatic heterocycles. The SMILES string of the molecule is Cc1ccc2c(c1)nnn2CNc1ccccc1Cl. The number of rotatable bonds is 3. The first kappa shape index (κ1) is 12.0. The van der Waals surface area contributed by atoms with Gasteiger partial charge in [0, 0.05) is 0 Å². The monoisotopic (exact) mass is 272 g/mol. The second kappa shape index (κ2) is 4.90. The Morgan fingerprint density at radius 3 is 2.89 bits per heavy atom. The average molecular weight is 273 g/mol. The number of halogens is 1. The van der Waals surface area contributed by atoms with Crippen LogP contribution in [0.15, 0.2) is 42.5 Å². The quantitative estimate of drug-likeness (QED) is 0.794. The molecule has 0 amide bonds. The first-order valence-electron chi connectivity index (χ1n) is 6.02. The molecule has 5 heteroatoms. The van der Waals surface area contributed by atoms with Gasteiger partial charge in [-0.2, -0.15) is 0 Å². The summed E-state index contributed by atoms with van der Waals surface area (Å²) >= 11 is 6.10. The van der Waals surface area contributed by atoms with Gasteiger partial charge in [-0.25, -0.2) is 4.68 Å². The van der Waals surface area contributed by atoms with Gasteiger partial charge in [-0.1, -0.05) is 35.0 Å². The first-order chi connectivity index (χ1) is 9.24. The topological polar surface area (TPSA) is 42.7 Å². The second-order valence-electron chi connectivity index (χ2n) is 4.40. The number of fused-ring (bicyclic) bond motifs is 1. The Labute approximate surface area is 116 Å². The van der Waals surface area contributed by atoms with E-state index in [9.17, 15) is 0 Å². The summed E-state index contributed by atoms with van der Waals surface area (Å²) in [6.07, 6.45) is 0. The van der Waals surface area contributed by atoms with Crippen molar-refractivity contribution in [2.24, 2.45) is 0 Å². The molecular weight excluding hydrogens is 260 g/mol. The number of aryl methyl sites for hydroxylation is 1. The minimum absolute atomic E-state index is 0.531. The summed E-state index contributed by atoms with van der Waals surface area (Å²) in [5, 5.41) is 12.2. The summed E-state index contributed by atoms with van der Waals surface area (Å²) in [5.74, 6) is 0. The zero-order valence-corrected chi connectivity index (χ0v) is 11.2. The van der Waals surface area contributed by atoms with Gasteiger partial charge in [0.25, 0.3) is 0 Å². The van der Waals surface area contributed by atoms with Crippen molar-refractivity contribution >= 4 is 28.3 Å². The van der Waals surface area contributed by atoms with Crippen molar-refractivity contribution in [2.45, 2.75) is 13.6 Å². The van der Waals surface area contributed by atoms with Crippen LogP contribution in [0.1, 0.15) is 5.56 Å². The van der Waals surface area contributed by atoms with E-state index >= 15 is 0 Å². The van der Waals surface area contributed by atoms with Crippen LogP contribution in [0.3, 0.4) is 0 Å². The first-order valence-corrected chi connectivity index (χ1v) is 6.40. The molecule has 0 unspecified atom stereocenters. The van der Waals surface area contributed by atoms with Gasteiger partial charge in [0.15, 0.2) is 0 Å². The lowest BCUT2D eigenvalue weighted by Gasteiger charge is -2.08. The summed E-state index contributed by atoms with van der Waals surface area (Å²) < 4.78 is 1.82. The van der Waals surface area contributed by atoms with Gasteiger partial charge in [-0.15, -0.1) is 5.10 Å². The molecule has 1 heterocycles. The molecule has 3 rings (SSSR count). The predicted molar refractivity (Wildman–Crippen MR) is 77.3 cm³/mol. The number of anilines is 1. The van der Waals surface area contributed by atoms with Crippen LogP contribution < -0.4 is 5.32 Å². The van der Waals surface area contributed by atoms with Crippen molar-refractivity contribution in [3.05, 3.63) is 53.1 Å². The number of para-hydroxylation sites is 1. The number of nitrogens with zero attached hydrogens (tertiary/aromatic N) is 3. The molecule has 0 spiro atoms. The summed E-state index contributed by atoms with van der Waals surface area (Å²) in [5.41, 5.74) is 3.98. The molecule has 0 saturated heterocycles. The molecule has 0 radical (unpaired) electrons. The van der Waals surface area contributed by atoms with Crippen LogP contribution in [0.4, 0.5) is 5.69 Å². The van der Waals surface area contributed by atoms with Crippen molar-refractivity contribution in [1.82, 2.24) is 15.0 Å². The van der Waals surface area contributed by atoms with Gasteiger partial charge in [-0.05, 0) is 36.8 Å². The van der Waals surface area contributed by atoms with Crippen LogP contribution in [0.2, 0.25) is 5.02 Å². The van der Waals surface area contributed by atoms with E-state index in [-0.39, 0.29) is 0 Å². The number of hydrogen-bond acceptors (Lipinski definition) is 3. The van der Waals surface area contributed by atoms with Crippen molar-refractivity contribution < 1.29 is 0 Å². The number of hydrogen-bond donors (Lipinski definition) is 1. The Morgan fingerprint density at radius 2 is 2.05 bits per heavy atom. The third-order valence-corrected chi connectivity index (χ3v) is 3.29. The summed E-state index contributed by atoms with van der Waals surface area (Å²) in [7, 11) is 0. The maximum atomic E-state index is 6.10. The van der Waals surface area contributed by atoms with Crippen LogP contribution in [0, 0.1) is 6.92 Å². The van der Waals surface area contributed by atoms with E-state index in [2.05, 4.69) is 21.7 Å². The summed E-state index contributed by atoms with van der Waals surface area (Å²) in [6.45, 7) is 2.57. The lowest BCUT2D eigenvalue weighted by molar-refractivity contribution is 0.655. The molecule has 1 aromatic heterocycles. The van der Waals surface area contributed by atoms with E-state index in [4.69, 9.17) is 11.6 Å². The van der Waals surface area contributed by atoms with E-state index in [1.807, 2.05) is 48.0 Å². The maximum absolute atomic E-state index is 6.10. The third kappa shape index (κ3) is 2.39. The number of aromatic nitrogens is 3. The molecule has 0 bridgehead atoms. The molecule has 2 aromatic carbocycles. The summed E-state index contributed by atoms with van der Waals surface area (Å²) in [4.78, 5) is 0. The van der Waals surface area contributed by atoms with Gasteiger partial charge >= 0.3 is 0 Å². The summed E-state index contributed by atoms with van der Waals surface area (Å²) in [6, 6.07) is 13.7. The van der Waals surface area contributed by atoms with Gasteiger partial charge in [-0.3, -0.25) is 0 Å².